The first kappa shape index (κ1) is 20.3. The van der Waals surface area contributed by atoms with Crippen molar-refractivity contribution in [2.45, 2.75) is 11.8 Å². The third kappa shape index (κ3) is 5.79. The quantitative estimate of drug-likeness (QED) is 0.672. The molecule has 0 radical (unpaired) electrons. The van der Waals surface area contributed by atoms with E-state index in [1.54, 1.807) is 0 Å². The Hall–Kier alpha value is -1.40. The van der Waals surface area contributed by atoms with E-state index in [0.717, 1.165) is 49.0 Å². The highest BCUT2D eigenvalue weighted by molar-refractivity contribution is 8.00. The maximum atomic E-state index is 12.5. The van der Waals surface area contributed by atoms with Crippen molar-refractivity contribution < 1.29 is 4.79 Å². The van der Waals surface area contributed by atoms with Gasteiger partial charge < -0.3 is 15.1 Å². The molecule has 0 bridgehead atoms. The van der Waals surface area contributed by atoms with Gasteiger partial charge in [0.2, 0.25) is 5.91 Å². The van der Waals surface area contributed by atoms with Crippen LogP contribution in [0.3, 0.4) is 0 Å². The number of piperazine rings is 1. The fourth-order valence-electron chi connectivity index (χ4n) is 3.06. The molecule has 7 heteroatoms. The summed E-state index contributed by atoms with van der Waals surface area (Å²) in [6, 6.07) is 13.2. The van der Waals surface area contributed by atoms with Crippen LogP contribution >= 0.6 is 35.0 Å². The number of carbonyl (C=O) groups excluding carboxylic acids is 1. The SMILES string of the molecule is CCN1CCN(c2ccc(Cl)cc2NC(=O)CSc2ccc(Cl)cc2)CC1. The lowest BCUT2D eigenvalue weighted by atomic mass is 10.2. The van der Waals surface area contributed by atoms with E-state index in [1.807, 2.05) is 42.5 Å². The Bertz CT molecular complexity index is 777. The minimum atomic E-state index is -0.0503. The maximum absolute atomic E-state index is 12.5. The summed E-state index contributed by atoms with van der Waals surface area (Å²) < 4.78 is 0. The predicted octanol–water partition coefficient (Wildman–Crippen LogP) is 4.87. The molecular weight excluding hydrogens is 401 g/mol. The Balaban J connectivity index is 1.64. The van der Waals surface area contributed by atoms with Crippen LogP contribution in [0.5, 0.6) is 0 Å². The van der Waals surface area contributed by atoms with E-state index in [-0.39, 0.29) is 5.91 Å². The van der Waals surface area contributed by atoms with Crippen LogP contribution in [0.15, 0.2) is 47.4 Å². The number of halogens is 2. The van der Waals surface area contributed by atoms with Gasteiger partial charge in [-0.2, -0.15) is 0 Å². The van der Waals surface area contributed by atoms with Gasteiger partial charge >= 0.3 is 0 Å². The van der Waals surface area contributed by atoms with Gasteiger partial charge in [-0.3, -0.25) is 4.79 Å². The Morgan fingerprint density at radius 1 is 1.04 bits per heavy atom. The van der Waals surface area contributed by atoms with Gasteiger partial charge in [0.05, 0.1) is 17.1 Å². The van der Waals surface area contributed by atoms with Gasteiger partial charge in [-0.05, 0) is 49.0 Å². The summed E-state index contributed by atoms with van der Waals surface area (Å²) in [5.74, 6) is 0.280. The summed E-state index contributed by atoms with van der Waals surface area (Å²) in [5, 5.41) is 4.34. The minimum absolute atomic E-state index is 0.0503. The topological polar surface area (TPSA) is 35.6 Å². The molecular formula is C20H23Cl2N3OS. The zero-order valence-corrected chi connectivity index (χ0v) is 17.6. The summed E-state index contributed by atoms with van der Waals surface area (Å²) in [6.07, 6.45) is 0. The van der Waals surface area contributed by atoms with Crippen molar-refractivity contribution in [1.82, 2.24) is 4.90 Å². The van der Waals surface area contributed by atoms with Crippen molar-refractivity contribution in [3.63, 3.8) is 0 Å². The molecule has 1 heterocycles. The first-order chi connectivity index (χ1) is 13.0. The molecule has 1 aliphatic heterocycles. The molecule has 1 fully saturated rings. The van der Waals surface area contributed by atoms with Crippen LogP contribution in [0.4, 0.5) is 11.4 Å². The fraction of sp³-hybridized carbons (Fsp3) is 0.350. The minimum Gasteiger partial charge on any atom is -0.367 e. The molecule has 2 aromatic rings. The van der Waals surface area contributed by atoms with Crippen molar-refractivity contribution in [3.8, 4) is 0 Å². The van der Waals surface area contributed by atoms with Crippen molar-refractivity contribution in [3.05, 3.63) is 52.5 Å². The zero-order valence-electron chi connectivity index (χ0n) is 15.3. The number of hydrogen-bond acceptors (Lipinski definition) is 4. The normalized spacial score (nSPS) is 15.0. The molecule has 4 nitrogen and oxygen atoms in total. The number of benzene rings is 2. The van der Waals surface area contributed by atoms with Gasteiger partial charge in [0, 0.05) is 41.1 Å². The molecule has 0 atom stereocenters. The Morgan fingerprint density at radius 3 is 2.37 bits per heavy atom. The van der Waals surface area contributed by atoms with E-state index >= 15 is 0 Å². The second-order valence-electron chi connectivity index (χ2n) is 6.37. The van der Waals surface area contributed by atoms with E-state index in [9.17, 15) is 4.79 Å². The largest absolute Gasteiger partial charge is 0.367 e. The zero-order chi connectivity index (χ0) is 19.2. The molecule has 144 valence electrons. The Morgan fingerprint density at radius 2 is 1.70 bits per heavy atom. The van der Waals surface area contributed by atoms with Gasteiger partial charge in [0.25, 0.3) is 0 Å². The van der Waals surface area contributed by atoms with Crippen LogP contribution in [0.25, 0.3) is 0 Å². The molecule has 1 N–H and O–H groups in total. The van der Waals surface area contributed by atoms with Gasteiger partial charge in [-0.25, -0.2) is 0 Å². The number of carbonyl (C=O) groups is 1. The average molecular weight is 424 g/mol. The van der Waals surface area contributed by atoms with E-state index in [0.29, 0.717) is 15.8 Å². The molecule has 3 rings (SSSR count). The summed E-state index contributed by atoms with van der Waals surface area (Å²) in [5.41, 5.74) is 1.80. The number of likely N-dealkylation sites (N-methyl/N-ethyl adjacent to an activating group) is 1. The summed E-state index contributed by atoms with van der Waals surface area (Å²) >= 11 is 13.6. The summed E-state index contributed by atoms with van der Waals surface area (Å²) in [7, 11) is 0. The molecule has 0 aromatic heterocycles. The number of hydrogen-bond donors (Lipinski definition) is 1. The first-order valence-electron chi connectivity index (χ1n) is 9.00. The van der Waals surface area contributed by atoms with Crippen LogP contribution in [-0.2, 0) is 4.79 Å². The smallest absolute Gasteiger partial charge is 0.234 e. The van der Waals surface area contributed by atoms with Crippen LogP contribution in [0.2, 0.25) is 10.0 Å². The molecule has 1 saturated heterocycles. The monoisotopic (exact) mass is 423 g/mol. The number of anilines is 2. The van der Waals surface area contributed by atoms with Crippen molar-refractivity contribution in [1.29, 1.82) is 0 Å². The number of amides is 1. The second kappa shape index (κ2) is 9.69. The lowest BCUT2D eigenvalue weighted by molar-refractivity contribution is -0.113. The molecule has 1 aliphatic rings. The number of nitrogens with zero attached hydrogens (tertiary/aromatic N) is 2. The van der Waals surface area contributed by atoms with Crippen molar-refractivity contribution >= 4 is 52.2 Å². The molecule has 27 heavy (non-hydrogen) atoms. The van der Waals surface area contributed by atoms with Crippen molar-refractivity contribution in [2.75, 3.05) is 48.7 Å². The summed E-state index contributed by atoms with van der Waals surface area (Å²) in [6.45, 7) is 7.19. The number of nitrogens with one attached hydrogen (secondary N) is 1. The molecule has 0 unspecified atom stereocenters. The van der Waals surface area contributed by atoms with Gasteiger partial charge in [0.1, 0.15) is 0 Å². The predicted molar refractivity (Wildman–Crippen MR) is 117 cm³/mol. The number of rotatable bonds is 6. The van der Waals surface area contributed by atoms with E-state index in [4.69, 9.17) is 23.2 Å². The second-order valence-corrected chi connectivity index (χ2v) is 8.30. The van der Waals surface area contributed by atoms with Crippen molar-refractivity contribution in [2.24, 2.45) is 0 Å². The average Bonchev–Trinajstić information content (AvgIpc) is 2.68. The number of thioether (sulfide) groups is 1. The molecule has 2 aromatic carbocycles. The highest BCUT2D eigenvalue weighted by Crippen LogP contribution is 2.30. The standard InChI is InChI=1S/C20H23Cl2N3OS/c1-2-24-9-11-25(12-10-24)19-8-5-16(22)13-18(19)23-20(26)14-27-17-6-3-15(21)4-7-17/h3-8,13H,2,9-12,14H2,1H3,(H,23,26). The first-order valence-corrected chi connectivity index (χ1v) is 10.7. The van der Waals surface area contributed by atoms with E-state index < -0.39 is 0 Å². The van der Waals surface area contributed by atoms with Gasteiger partial charge in [0.15, 0.2) is 0 Å². The highest BCUT2D eigenvalue weighted by Gasteiger charge is 2.19. The molecule has 1 amide bonds. The fourth-order valence-corrected chi connectivity index (χ4v) is 4.05. The Kier molecular flexibility index (Phi) is 7.30. The molecule has 0 spiro atoms. The highest BCUT2D eigenvalue weighted by atomic mass is 35.5. The lowest BCUT2D eigenvalue weighted by Gasteiger charge is -2.36. The van der Waals surface area contributed by atoms with Gasteiger partial charge in [-0.15, -0.1) is 11.8 Å². The van der Waals surface area contributed by atoms with E-state index in [2.05, 4.69) is 22.0 Å². The lowest BCUT2D eigenvalue weighted by Crippen LogP contribution is -2.46. The third-order valence-corrected chi connectivity index (χ3v) is 6.08. The maximum Gasteiger partial charge on any atom is 0.234 e. The molecule has 0 aliphatic carbocycles. The van der Waals surface area contributed by atoms with Crippen LogP contribution in [0.1, 0.15) is 6.92 Å². The van der Waals surface area contributed by atoms with Gasteiger partial charge in [-0.1, -0.05) is 30.1 Å². The summed E-state index contributed by atoms with van der Waals surface area (Å²) in [4.78, 5) is 18.2. The molecule has 0 saturated carbocycles. The van der Waals surface area contributed by atoms with Crippen LogP contribution in [-0.4, -0.2) is 49.3 Å². The van der Waals surface area contributed by atoms with Crippen LogP contribution < -0.4 is 10.2 Å². The van der Waals surface area contributed by atoms with E-state index in [1.165, 1.54) is 11.8 Å². The Labute approximate surface area is 174 Å². The van der Waals surface area contributed by atoms with Crippen LogP contribution in [0, 0.1) is 0 Å². The third-order valence-electron chi connectivity index (χ3n) is 4.58.